The molecule has 0 aromatic heterocycles. The molecule has 0 fully saturated rings. The van der Waals surface area contributed by atoms with Crippen LogP contribution >= 0.6 is 11.6 Å². The van der Waals surface area contributed by atoms with Gasteiger partial charge in [-0.1, -0.05) is 23.7 Å². The quantitative estimate of drug-likeness (QED) is 0.778. The number of benzene rings is 1. The van der Waals surface area contributed by atoms with Crippen LogP contribution in [0.1, 0.15) is 12.5 Å². The maximum atomic E-state index is 10.0. The topological polar surface area (TPSA) is 23.5 Å². The lowest BCUT2D eigenvalue weighted by Crippen LogP contribution is -2.42. The fourth-order valence-electron chi connectivity index (χ4n) is 1.15. The van der Waals surface area contributed by atoms with Crippen LogP contribution in [0.15, 0.2) is 24.3 Å². The molecule has 0 saturated carbocycles. The van der Waals surface area contributed by atoms with E-state index in [1.165, 1.54) is 0 Å². The summed E-state index contributed by atoms with van der Waals surface area (Å²) < 4.78 is 0. The molecule has 1 unspecified atom stereocenters. The van der Waals surface area contributed by atoms with Gasteiger partial charge in [0.05, 0.1) is 0 Å². The van der Waals surface area contributed by atoms with E-state index >= 15 is 0 Å². The smallest absolute Gasteiger partial charge is 0.119 e. The van der Waals surface area contributed by atoms with Crippen molar-refractivity contribution in [2.75, 3.05) is 14.1 Å². The molecule has 0 saturated heterocycles. The summed E-state index contributed by atoms with van der Waals surface area (Å²) >= 11 is 5.77. The molecule has 1 aromatic carbocycles. The minimum atomic E-state index is -0.812. The number of aliphatic hydroxyl groups is 1. The Labute approximate surface area is 90.1 Å². The molecule has 2 nitrogen and oxygen atoms in total. The molecule has 0 aliphatic rings. The second-order valence-corrected chi connectivity index (χ2v) is 4.35. The first kappa shape index (κ1) is 11.5. The Morgan fingerprint density at radius 2 is 1.79 bits per heavy atom. The van der Waals surface area contributed by atoms with Crippen LogP contribution in [-0.2, 0) is 6.42 Å². The van der Waals surface area contributed by atoms with Gasteiger partial charge in [-0.2, -0.15) is 0 Å². The van der Waals surface area contributed by atoms with E-state index in [9.17, 15) is 5.11 Å². The number of nitrogens with zero attached hydrogens (tertiary/aromatic N) is 1. The van der Waals surface area contributed by atoms with Crippen molar-refractivity contribution in [2.45, 2.75) is 19.1 Å². The zero-order valence-corrected chi connectivity index (χ0v) is 9.54. The van der Waals surface area contributed by atoms with Crippen LogP contribution in [0.4, 0.5) is 0 Å². The normalized spacial score (nSPS) is 15.6. The van der Waals surface area contributed by atoms with Gasteiger partial charge in [0.1, 0.15) is 5.72 Å². The third kappa shape index (κ3) is 2.98. The standard InChI is InChI=1S/C11H16ClNO/c1-11(14,13(2)3)8-9-4-6-10(12)7-5-9/h4-7,14H,8H2,1-3H3. The van der Waals surface area contributed by atoms with E-state index in [2.05, 4.69) is 0 Å². The van der Waals surface area contributed by atoms with Crippen LogP contribution in [0.25, 0.3) is 0 Å². The Kier molecular flexibility index (Phi) is 3.53. The molecule has 14 heavy (non-hydrogen) atoms. The Morgan fingerprint density at radius 1 is 1.29 bits per heavy atom. The highest BCUT2D eigenvalue weighted by atomic mass is 35.5. The lowest BCUT2D eigenvalue weighted by molar-refractivity contribution is -0.0646. The van der Waals surface area contributed by atoms with Crippen LogP contribution in [0.2, 0.25) is 5.02 Å². The van der Waals surface area contributed by atoms with Gasteiger partial charge in [0.15, 0.2) is 0 Å². The maximum Gasteiger partial charge on any atom is 0.119 e. The molecule has 78 valence electrons. The second kappa shape index (κ2) is 4.30. The monoisotopic (exact) mass is 213 g/mol. The number of hydrogen-bond acceptors (Lipinski definition) is 2. The number of halogens is 1. The van der Waals surface area contributed by atoms with E-state index in [-0.39, 0.29) is 0 Å². The predicted molar refractivity (Wildman–Crippen MR) is 59.5 cm³/mol. The fraction of sp³-hybridized carbons (Fsp3) is 0.455. The first-order valence-corrected chi connectivity index (χ1v) is 4.94. The number of likely N-dealkylation sites (N-methyl/N-ethyl adjacent to an activating group) is 1. The first-order valence-electron chi connectivity index (χ1n) is 4.56. The summed E-state index contributed by atoms with van der Waals surface area (Å²) in [5.74, 6) is 0. The molecule has 0 radical (unpaired) electrons. The van der Waals surface area contributed by atoms with Crippen LogP contribution in [0.5, 0.6) is 0 Å². The average molecular weight is 214 g/mol. The summed E-state index contributed by atoms with van der Waals surface area (Å²) in [4.78, 5) is 1.79. The first-order chi connectivity index (χ1) is 6.42. The summed E-state index contributed by atoms with van der Waals surface area (Å²) in [6.45, 7) is 1.79. The predicted octanol–water partition coefficient (Wildman–Crippen LogP) is 2.15. The number of hydrogen-bond donors (Lipinski definition) is 1. The Morgan fingerprint density at radius 3 is 2.21 bits per heavy atom. The molecule has 0 amide bonds. The van der Waals surface area contributed by atoms with Crippen LogP contribution in [0, 0.1) is 0 Å². The minimum Gasteiger partial charge on any atom is -0.376 e. The van der Waals surface area contributed by atoms with Gasteiger partial charge in [-0.25, -0.2) is 0 Å². The molecule has 3 heteroatoms. The van der Waals surface area contributed by atoms with Crippen molar-refractivity contribution in [3.05, 3.63) is 34.9 Å². The van der Waals surface area contributed by atoms with Crippen molar-refractivity contribution in [1.82, 2.24) is 4.90 Å². The lowest BCUT2D eigenvalue weighted by atomic mass is 10.0. The van der Waals surface area contributed by atoms with Gasteiger partial charge in [-0.05, 0) is 38.7 Å². The van der Waals surface area contributed by atoms with E-state index in [0.29, 0.717) is 6.42 Å². The summed E-state index contributed by atoms with van der Waals surface area (Å²) in [5, 5.41) is 10.7. The highest BCUT2D eigenvalue weighted by Gasteiger charge is 2.22. The minimum absolute atomic E-state index is 0.594. The van der Waals surface area contributed by atoms with Gasteiger partial charge < -0.3 is 5.11 Å². The van der Waals surface area contributed by atoms with Crippen molar-refractivity contribution in [1.29, 1.82) is 0 Å². The number of rotatable bonds is 3. The molecule has 1 N–H and O–H groups in total. The Hall–Kier alpha value is -0.570. The highest BCUT2D eigenvalue weighted by molar-refractivity contribution is 6.30. The van der Waals surface area contributed by atoms with Gasteiger partial charge in [-0.15, -0.1) is 0 Å². The zero-order valence-electron chi connectivity index (χ0n) is 8.79. The molecular weight excluding hydrogens is 198 g/mol. The molecule has 0 heterocycles. The second-order valence-electron chi connectivity index (χ2n) is 3.91. The third-order valence-electron chi connectivity index (χ3n) is 2.42. The van der Waals surface area contributed by atoms with E-state index in [1.807, 2.05) is 38.4 Å². The van der Waals surface area contributed by atoms with Gasteiger partial charge in [-0.3, -0.25) is 4.90 Å². The summed E-state index contributed by atoms with van der Waals surface area (Å²) in [5.41, 5.74) is 0.265. The SMILES string of the molecule is CN(C)C(C)(O)Cc1ccc(Cl)cc1. The molecular formula is C11H16ClNO. The van der Waals surface area contributed by atoms with Crippen molar-refractivity contribution in [3.63, 3.8) is 0 Å². The average Bonchev–Trinajstić information content (AvgIpc) is 2.08. The Balaban J connectivity index is 2.74. The van der Waals surface area contributed by atoms with E-state index < -0.39 is 5.72 Å². The molecule has 0 spiro atoms. The van der Waals surface area contributed by atoms with Crippen molar-refractivity contribution < 1.29 is 5.11 Å². The van der Waals surface area contributed by atoms with E-state index in [0.717, 1.165) is 10.6 Å². The van der Waals surface area contributed by atoms with Crippen molar-refractivity contribution in [3.8, 4) is 0 Å². The zero-order chi connectivity index (χ0) is 10.8. The highest BCUT2D eigenvalue weighted by Crippen LogP contribution is 2.17. The van der Waals surface area contributed by atoms with Gasteiger partial charge in [0, 0.05) is 11.4 Å². The summed E-state index contributed by atoms with van der Waals surface area (Å²) in [6.07, 6.45) is 0.594. The summed E-state index contributed by atoms with van der Waals surface area (Å²) in [6, 6.07) is 7.53. The van der Waals surface area contributed by atoms with E-state index in [1.54, 1.807) is 11.8 Å². The maximum absolute atomic E-state index is 10.0. The van der Waals surface area contributed by atoms with Crippen LogP contribution in [-0.4, -0.2) is 29.8 Å². The van der Waals surface area contributed by atoms with Gasteiger partial charge in [0.25, 0.3) is 0 Å². The third-order valence-corrected chi connectivity index (χ3v) is 2.67. The molecule has 1 aromatic rings. The van der Waals surface area contributed by atoms with Crippen molar-refractivity contribution >= 4 is 11.6 Å². The van der Waals surface area contributed by atoms with Gasteiger partial charge >= 0.3 is 0 Å². The van der Waals surface area contributed by atoms with Gasteiger partial charge in [0.2, 0.25) is 0 Å². The van der Waals surface area contributed by atoms with Crippen LogP contribution in [0.3, 0.4) is 0 Å². The largest absolute Gasteiger partial charge is 0.376 e. The lowest BCUT2D eigenvalue weighted by Gasteiger charge is -2.30. The molecule has 1 rings (SSSR count). The van der Waals surface area contributed by atoms with Crippen LogP contribution < -0.4 is 0 Å². The summed E-state index contributed by atoms with van der Waals surface area (Å²) in [7, 11) is 3.71. The van der Waals surface area contributed by atoms with E-state index in [4.69, 9.17) is 11.6 Å². The molecule has 0 aliphatic heterocycles. The Bertz CT molecular complexity index is 293. The molecule has 0 bridgehead atoms. The fourth-order valence-corrected chi connectivity index (χ4v) is 1.27. The van der Waals surface area contributed by atoms with Crippen molar-refractivity contribution in [2.24, 2.45) is 0 Å². The molecule has 1 atom stereocenters. The molecule has 0 aliphatic carbocycles.